The van der Waals surface area contributed by atoms with Crippen molar-refractivity contribution in [3.63, 3.8) is 0 Å². The van der Waals surface area contributed by atoms with Crippen LogP contribution in [0.1, 0.15) is 37.3 Å². The van der Waals surface area contributed by atoms with Gasteiger partial charge in [-0.15, -0.1) is 0 Å². The first-order chi connectivity index (χ1) is 10.3. The molecule has 0 N–H and O–H groups in total. The summed E-state index contributed by atoms with van der Waals surface area (Å²) in [6, 6.07) is 9.16. The fourth-order valence-corrected chi connectivity index (χ4v) is 3.63. The lowest BCUT2D eigenvalue weighted by atomic mass is 9.98. The van der Waals surface area contributed by atoms with Crippen LogP contribution in [-0.2, 0) is 9.59 Å². The van der Waals surface area contributed by atoms with Crippen molar-refractivity contribution < 1.29 is 9.59 Å². The van der Waals surface area contributed by atoms with Crippen LogP contribution in [0.2, 0.25) is 0 Å². The van der Waals surface area contributed by atoms with Crippen molar-refractivity contribution in [2.45, 2.75) is 37.8 Å². The van der Waals surface area contributed by atoms with Crippen molar-refractivity contribution >= 4 is 11.8 Å². The van der Waals surface area contributed by atoms with E-state index in [0.29, 0.717) is 5.92 Å². The number of nitrogens with zero attached hydrogens (tertiary/aromatic N) is 2. The molecule has 0 spiro atoms. The highest BCUT2D eigenvalue weighted by Gasteiger charge is 2.49. The number of benzene rings is 1. The molecular formula is C17H20N2O2. The van der Waals surface area contributed by atoms with Crippen LogP contribution in [0.25, 0.3) is 0 Å². The molecule has 2 unspecified atom stereocenters. The van der Waals surface area contributed by atoms with E-state index in [1.165, 1.54) is 12.8 Å². The Kier molecular flexibility index (Phi) is 2.98. The predicted octanol–water partition coefficient (Wildman–Crippen LogP) is 1.97. The number of fused-ring (bicyclic) bond motifs is 1. The van der Waals surface area contributed by atoms with Crippen LogP contribution < -0.4 is 0 Å². The quantitative estimate of drug-likeness (QED) is 0.851. The summed E-state index contributed by atoms with van der Waals surface area (Å²) >= 11 is 0. The van der Waals surface area contributed by atoms with Gasteiger partial charge in [-0.2, -0.15) is 0 Å². The molecule has 2 amide bonds. The smallest absolute Gasteiger partial charge is 0.250 e. The summed E-state index contributed by atoms with van der Waals surface area (Å²) < 4.78 is 0. The molecule has 1 saturated carbocycles. The normalized spacial score (nSPS) is 29.0. The molecule has 0 radical (unpaired) electrons. The zero-order chi connectivity index (χ0) is 14.4. The molecule has 3 aliphatic rings. The van der Waals surface area contributed by atoms with Gasteiger partial charge in [-0.1, -0.05) is 30.3 Å². The van der Waals surface area contributed by atoms with Crippen LogP contribution in [-0.4, -0.2) is 40.7 Å². The maximum atomic E-state index is 12.9. The van der Waals surface area contributed by atoms with Crippen LogP contribution >= 0.6 is 0 Å². The summed E-state index contributed by atoms with van der Waals surface area (Å²) in [5, 5.41) is 0. The van der Waals surface area contributed by atoms with Crippen molar-refractivity contribution in [1.82, 2.24) is 9.80 Å². The molecule has 21 heavy (non-hydrogen) atoms. The number of piperazine rings is 1. The van der Waals surface area contributed by atoms with Gasteiger partial charge in [0.1, 0.15) is 12.1 Å². The summed E-state index contributed by atoms with van der Waals surface area (Å²) in [5.41, 5.74) is 0.946. The third kappa shape index (κ3) is 2.13. The molecule has 2 saturated heterocycles. The van der Waals surface area contributed by atoms with E-state index in [9.17, 15) is 9.59 Å². The highest BCUT2D eigenvalue weighted by atomic mass is 16.2. The van der Waals surface area contributed by atoms with Gasteiger partial charge in [-0.05, 0) is 37.2 Å². The molecule has 4 rings (SSSR count). The second kappa shape index (κ2) is 4.86. The molecule has 1 aromatic carbocycles. The third-order valence-corrected chi connectivity index (χ3v) is 4.92. The zero-order valence-corrected chi connectivity index (χ0v) is 12.1. The minimum Gasteiger partial charge on any atom is -0.329 e. The molecule has 2 heterocycles. The van der Waals surface area contributed by atoms with Gasteiger partial charge in [0.25, 0.3) is 5.91 Å². The Hall–Kier alpha value is -1.84. The van der Waals surface area contributed by atoms with Crippen LogP contribution in [0.4, 0.5) is 0 Å². The first-order valence-corrected chi connectivity index (χ1v) is 7.91. The Morgan fingerprint density at radius 2 is 1.76 bits per heavy atom. The molecule has 3 fully saturated rings. The Labute approximate surface area is 124 Å². The van der Waals surface area contributed by atoms with Gasteiger partial charge in [0.05, 0.1) is 0 Å². The summed E-state index contributed by atoms with van der Waals surface area (Å²) in [6.45, 7) is 1.48. The van der Waals surface area contributed by atoms with Gasteiger partial charge in [0, 0.05) is 13.1 Å². The Morgan fingerprint density at radius 3 is 2.48 bits per heavy atom. The SMILES string of the molecule is O=C1C(c2ccccc2)N(CC2CC2)C(=O)C2CCCN12. The highest BCUT2D eigenvalue weighted by molar-refractivity contribution is 5.98. The number of rotatable bonds is 3. The van der Waals surface area contributed by atoms with E-state index >= 15 is 0 Å². The molecule has 0 aromatic heterocycles. The second-order valence-corrected chi connectivity index (χ2v) is 6.44. The van der Waals surface area contributed by atoms with Gasteiger partial charge < -0.3 is 9.80 Å². The fraction of sp³-hybridized carbons (Fsp3) is 0.529. The topological polar surface area (TPSA) is 40.6 Å². The molecular weight excluding hydrogens is 264 g/mol. The average molecular weight is 284 g/mol. The van der Waals surface area contributed by atoms with Crippen LogP contribution in [0.3, 0.4) is 0 Å². The van der Waals surface area contributed by atoms with E-state index < -0.39 is 6.04 Å². The van der Waals surface area contributed by atoms with E-state index in [2.05, 4.69) is 0 Å². The van der Waals surface area contributed by atoms with Crippen molar-refractivity contribution in [2.24, 2.45) is 5.92 Å². The molecule has 2 aliphatic heterocycles. The lowest BCUT2D eigenvalue weighted by Crippen LogP contribution is -2.59. The lowest BCUT2D eigenvalue weighted by Gasteiger charge is -2.42. The Balaban J connectivity index is 1.72. The fourth-order valence-electron chi connectivity index (χ4n) is 3.63. The van der Waals surface area contributed by atoms with Crippen molar-refractivity contribution in [1.29, 1.82) is 0 Å². The van der Waals surface area contributed by atoms with E-state index in [4.69, 9.17) is 0 Å². The van der Waals surface area contributed by atoms with Gasteiger partial charge in [0.15, 0.2) is 0 Å². The molecule has 1 aliphatic carbocycles. The Bertz CT molecular complexity index is 567. The molecule has 2 atom stereocenters. The van der Waals surface area contributed by atoms with Gasteiger partial charge >= 0.3 is 0 Å². The molecule has 0 bridgehead atoms. The number of hydrogen-bond acceptors (Lipinski definition) is 2. The van der Waals surface area contributed by atoms with E-state index in [1.54, 1.807) is 0 Å². The number of hydrogen-bond donors (Lipinski definition) is 0. The van der Waals surface area contributed by atoms with Gasteiger partial charge in [-0.3, -0.25) is 9.59 Å². The predicted molar refractivity (Wildman–Crippen MR) is 78.4 cm³/mol. The van der Waals surface area contributed by atoms with Crippen LogP contribution in [0.5, 0.6) is 0 Å². The largest absolute Gasteiger partial charge is 0.329 e. The molecule has 110 valence electrons. The Morgan fingerprint density at radius 1 is 1.00 bits per heavy atom. The standard InChI is InChI=1S/C17H20N2O2/c20-16-14-7-4-10-18(14)17(21)15(13-5-2-1-3-6-13)19(16)11-12-8-9-12/h1-3,5-6,12,14-15H,4,7-11H2. The number of amides is 2. The first kappa shape index (κ1) is 12.9. The minimum atomic E-state index is -0.409. The van der Waals surface area contributed by atoms with Crippen LogP contribution in [0.15, 0.2) is 30.3 Å². The number of carbonyl (C=O) groups excluding carboxylic acids is 2. The maximum Gasteiger partial charge on any atom is 0.250 e. The monoisotopic (exact) mass is 284 g/mol. The van der Waals surface area contributed by atoms with Gasteiger partial charge in [0.2, 0.25) is 5.91 Å². The maximum absolute atomic E-state index is 12.9. The summed E-state index contributed by atoms with van der Waals surface area (Å²) in [5.74, 6) is 0.873. The second-order valence-electron chi connectivity index (χ2n) is 6.44. The van der Waals surface area contributed by atoms with E-state index in [-0.39, 0.29) is 17.9 Å². The molecule has 4 heteroatoms. The van der Waals surface area contributed by atoms with Crippen LogP contribution in [0, 0.1) is 5.92 Å². The first-order valence-electron chi connectivity index (χ1n) is 7.91. The third-order valence-electron chi connectivity index (χ3n) is 4.92. The minimum absolute atomic E-state index is 0.115. The zero-order valence-electron chi connectivity index (χ0n) is 12.1. The van der Waals surface area contributed by atoms with E-state index in [0.717, 1.165) is 31.5 Å². The van der Waals surface area contributed by atoms with Crippen molar-refractivity contribution in [2.75, 3.05) is 13.1 Å². The van der Waals surface area contributed by atoms with E-state index in [1.807, 2.05) is 40.1 Å². The van der Waals surface area contributed by atoms with Crippen molar-refractivity contribution in [3.05, 3.63) is 35.9 Å². The summed E-state index contributed by atoms with van der Waals surface area (Å²) in [7, 11) is 0. The lowest BCUT2D eigenvalue weighted by molar-refractivity contribution is -0.160. The highest BCUT2D eigenvalue weighted by Crippen LogP contribution is 2.38. The van der Waals surface area contributed by atoms with Crippen molar-refractivity contribution in [3.8, 4) is 0 Å². The van der Waals surface area contributed by atoms with Gasteiger partial charge in [-0.25, -0.2) is 0 Å². The molecule has 4 nitrogen and oxygen atoms in total. The summed E-state index contributed by atoms with van der Waals surface area (Å²) in [6.07, 6.45) is 4.15. The average Bonchev–Trinajstić information content (AvgIpc) is 3.18. The molecule has 1 aromatic rings. The number of carbonyl (C=O) groups is 2. The summed E-state index contributed by atoms with van der Waals surface area (Å²) in [4.78, 5) is 29.4.